The van der Waals surface area contributed by atoms with Crippen molar-refractivity contribution in [3.63, 3.8) is 0 Å². The Kier molecular flexibility index (Phi) is 28.0. The van der Waals surface area contributed by atoms with Crippen molar-refractivity contribution in [2.75, 3.05) is 19.8 Å². The minimum Gasteiger partial charge on any atom is -0.548 e. The molecule has 3 rings (SSSR count). The van der Waals surface area contributed by atoms with Gasteiger partial charge < -0.3 is 86.1 Å². The number of amides is 4. The van der Waals surface area contributed by atoms with Crippen LogP contribution in [0.1, 0.15) is 135 Å². The first kappa shape index (κ1) is 70.9. The van der Waals surface area contributed by atoms with Gasteiger partial charge in [-0.2, -0.15) is 0 Å². The standard InChI is InChI=1S/C56H95N5O20/c1-24(2)33(52(74)60-44(27(7)8)40(67)20-34(25(3)4)51(73)59-31(12)54(76)77)19-37(64)30(11)58-50(72)28(9)18-38(65)36-16-14-15-17-61(36)53(75)35(26(5)6)21-39(66)43(57)32(13)78-55-29(10)49(46(69)42(23-63)79-55)81-56-48(71)47(70)45(68)41(22-62)80-56/h24-36,41-49,55-56,62-63,68-71H,14-23,57H2,1-13H3,(H,58,72)(H,59,73)(H,60,74)(H,76,77)/t28?,29?,30-,31-,32?,33?,34?,35?,36-,41?,42?,43-,44-,45-,46-,47-,48?,49+,55-,56-/m0/s1. The van der Waals surface area contributed by atoms with Crippen LogP contribution < -0.4 is 26.8 Å². The number of hydrogen-bond donors (Lipinski definition) is 10. The van der Waals surface area contributed by atoms with Crippen LogP contribution in [-0.2, 0) is 62.1 Å². The first-order valence-corrected chi connectivity index (χ1v) is 28.6. The van der Waals surface area contributed by atoms with Crippen LogP contribution in [0.4, 0.5) is 0 Å². The van der Waals surface area contributed by atoms with Crippen LogP contribution in [0.3, 0.4) is 0 Å². The fraction of sp³-hybridized carbons (Fsp3) is 0.839. The van der Waals surface area contributed by atoms with Crippen LogP contribution in [-0.4, -0.2) is 200 Å². The Morgan fingerprint density at radius 2 is 1.11 bits per heavy atom. The predicted octanol–water partition coefficient (Wildman–Crippen LogP) is -2.53. The van der Waals surface area contributed by atoms with E-state index in [1.165, 1.54) is 25.7 Å². The van der Waals surface area contributed by atoms with Gasteiger partial charge in [0.2, 0.25) is 23.6 Å². The lowest BCUT2D eigenvalue weighted by Crippen LogP contribution is -2.71. The Bertz CT molecular complexity index is 2140. The molecule has 3 heterocycles. The van der Waals surface area contributed by atoms with Crippen molar-refractivity contribution in [3.05, 3.63) is 0 Å². The molecule has 0 aromatic heterocycles. The van der Waals surface area contributed by atoms with E-state index in [4.69, 9.17) is 18.9 Å². The number of aliphatic hydroxyl groups is 6. The van der Waals surface area contributed by atoms with Gasteiger partial charge in [-0.3, -0.25) is 38.4 Å². The Labute approximate surface area is 475 Å². The van der Waals surface area contributed by atoms with E-state index in [-0.39, 0.29) is 55.8 Å². The molecule has 3 saturated heterocycles. The second-order valence-corrected chi connectivity index (χ2v) is 24.0. The van der Waals surface area contributed by atoms with E-state index in [1.807, 2.05) is 0 Å². The number of Topliss-reactive ketones (excluding diaryl/α,β-unsaturated/α-hetero) is 4. The van der Waals surface area contributed by atoms with Gasteiger partial charge >= 0.3 is 0 Å². The monoisotopic (exact) mass is 1160 g/mol. The minimum atomic E-state index is -1.79. The molecule has 0 saturated carbocycles. The summed E-state index contributed by atoms with van der Waals surface area (Å²) in [5, 5.41) is 81.0. The summed E-state index contributed by atoms with van der Waals surface area (Å²) in [6.45, 7) is 20.0. The van der Waals surface area contributed by atoms with Gasteiger partial charge in [0.05, 0.1) is 49.5 Å². The van der Waals surface area contributed by atoms with Crippen molar-refractivity contribution < 1.29 is 104 Å². The number of ether oxygens (including phenoxy) is 4. The van der Waals surface area contributed by atoms with E-state index >= 15 is 0 Å². The zero-order valence-electron chi connectivity index (χ0n) is 49.5. The van der Waals surface area contributed by atoms with Crippen LogP contribution in [0.5, 0.6) is 0 Å². The smallest absolute Gasteiger partial charge is 0.227 e. The van der Waals surface area contributed by atoms with Crippen molar-refractivity contribution in [1.82, 2.24) is 20.9 Å². The lowest BCUT2D eigenvalue weighted by atomic mass is 9.84. The number of hydrogen-bond acceptors (Lipinski definition) is 20. The zero-order valence-corrected chi connectivity index (χ0v) is 49.5. The number of ketones is 4. The normalized spacial score (nSPS) is 28.7. The number of carboxylic acids is 1. The van der Waals surface area contributed by atoms with Crippen molar-refractivity contribution in [1.29, 1.82) is 0 Å². The number of quaternary nitrogens is 1. The van der Waals surface area contributed by atoms with Gasteiger partial charge in [-0.25, -0.2) is 0 Å². The first-order chi connectivity index (χ1) is 37.7. The van der Waals surface area contributed by atoms with E-state index in [0.29, 0.717) is 19.3 Å². The molecule has 464 valence electrons. The van der Waals surface area contributed by atoms with Gasteiger partial charge in [0, 0.05) is 61.8 Å². The van der Waals surface area contributed by atoms with Crippen molar-refractivity contribution >= 4 is 52.7 Å². The highest BCUT2D eigenvalue weighted by Gasteiger charge is 2.51. The molecule has 81 heavy (non-hydrogen) atoms. The SMILES string of the molecule is CC(CC(=O)[C@@H]1CCCCN1C(=O)C(CC(=O)[C@@H]([NH3+])C(C)O[C@H]1OC(CO)[C@H](O)[C@H](O[C@@H]2OC(CO)[C@H](O)[C@H](O)C2O)C1C)C(C)C)C(=O)N[C@@H](C)C(=O)CC(C(=O)N[C@H](C(=O)CC(C(=O)N[C@@H](C)C(=O)[O-])C(C)C)C(C)C)C(C)C. The molecule has 12 N–H and O–H groups in total. The first-order valence-electron chi connectivity index (χ1n) is 28.6. The van der Waals surface area contributed by atoms with Gasteiger partial charge in [-0.05, 0) is 63.7 Å². The number of rotatable bonds is 31. The number of piperidine rings is 1. The summed E-state index contributed by atoms with van der Waals surface area (Å²) in [4.78, 5) is 123. The predicted molar refractivity (Wildman–Crippen MR) is 286 cm³/mol. The average Bonchev–Trinajstić information content (AvgIpc) is 3.45. The van der Waals surface area contributed by atoms with Crippen LogP contribution in [0, 0.1) is 53.3 Å². The summed E-state index contributed by atoms with van der Waals surface area (Å²) < 4.78 is 23.4. The van der Waals surface area contributed by atoms with E-state index in [0.717, 1.165) is 0 Å². The molecule has 4 amide bonds. The topological polar surface area (TPSA) is 402 Å². The number of carbonyl (C=O) groups is 9. The molecule has 0 bridgehead atoms. The van der Waals surface area contributed by atoms with Gasteiger partial charge in [-0.1, -0.05) is 69.2 Å². The average molecular weight is 1160 g/mol. The maximum absolute atomic E-state index is 14.5. The number of carboxylic acid groups (broad SMARTS) is 1. The summed E-state index contributed by atoms with van der Waals surface area (Å²) in [6, 6.07) is -5.38. The molecule has 25 heteroatoms. The largest absolute Gasteiger partial charge is 0.548 e. The summed E-state index contributed by atoms with van der Waals surface area (Å²) in [6.07, 6.45) is -14.0. The van der Waals surface area contributed by atoms with Gasteiger partial charge in [0.15, 0.2) is 41.8 Å². The quantitative estimate of drug-likeness (QED) is 0.0342. The number of nitrogens with one attached hydrogen (secondary N) is 3. The molecular weight excluding hydrogens is 1060 g/mol. The highest BCUT2D eigenvalue weighted by atomic mass is 16.7. The second kappa shape index (κ2) is 32.0. The van der Waals surface area contributed by atoms with E-state index in [9.17, 15) is 78.9 Å². The molecule has 3 aliphatic rings. The Balaban J connectivity index is 1.64. The molecule has 0 aromatic rings. The van der Waals surface area contributed by atoms with Crippen molar-refractivity contribution in [2.45, 2.75) is 227 Å². The molecule has 3 fully saturated rings. The fourth-order valence-electron chi connectivity index (χ4n) is 10.4. The van der Waals surface area contributed by atoms with Gasteiger partial charge in [0.1, 0.15) is 42.7 Å². The van der Waals surface area contributed by atoms with E-state index in [1.54, 1.807) is 69.2 Å². The van der Waals surface area contributed by atoms with Gasteiger partial charge in [-0.15, -0.1) is 0 Å². The second-order valence-electron chi connectivity index (χ2n) is 24.0. The molecule has 25 nitrogen and oxygen atoms in total. The van der Waals surface area contributed by atoms with Crippen LogP contribution in [0.2, 0.25) is 0 Å². The molecule has 0 radical (unpaired) electrons. The summed E-state index contributed by atoms with van der Waals surface area (Å²) >= 11 is 0. The molecule has 20 atom stereocenters. The maximum atomic E-state index is 14.5. The van der Waals surface area contributed by atoms with Crippen molar-refractivity contribution in [3.8, 4) is 0 Å². The summed E-state index contributed by atoms with van der Waals surface area (Å²) in [5.41, 5.74) is 4.04. The van der Waals surface area contributed by atoms with Crippen LogP contribution in [0.15, 0.2) is 0 Å². The highest BCUT2D eigenvalue weighted by Crippen LogP contribution is 2.34. The number of nitrogens with zero attached hydrogens (tertiary/aromatic N) is 1. The van der Waals surface area contributed by atoms with Gasteiger partial charge in [0.25, 0.3) is 0 Å². The zero-order chi connectivity index (χ0) is 61.7. The lowest BCUT2D eigenvalue weighted by Gasteiger charge is -2.47. The van der Waals surface area contributed by atoms with Crippen LogP contribution >= 0.6 is 0 Å². The Morgan fingerprint density at radius 1 is 0.605 bits per heavy atom. The molecular formula is C56H95N5O20. The molecule has 3 aliphatic heterocycles. The van der Waals surface area contributed by atoms with Crippen LogP contribution in [0.25, 0.3) is 0 Å². The molecule has 0 aliphatic carbocycles. The third-order valence-electron chi connectivity index (χ3n) is 16.3. The number of likely N-dealkylation sites (tertiary alicyclic amines) is 1. The molecule has 0 aromatic carbocycles. The third-order valence-corrected chi connectivity index (χ3v) is 16.3. The van der Waals surface area contributed by atoms with Crippen molar-refractivity contribution in [2.24, 2.45) is 53.3 Å². The molecule has 0 spiro atoms. The highest BCUT2D eigenvalue weighted by molar-refractivity contribution is 5.98. The minimum absolute atomic E-state index is 0.228. The van der Waals surface area contributed by atoms with E-state index < -0.39 is 187 Å². The fourth-order valence-corrected chi connectivity index (χ4v) is 10.4. The number of carbonyl (C=O) groups excluding carboxylic acids is 9. The summed E-state index contributed by atoms with van der Waals surface area (Å²) in [7, 11) is 0. The third kappa shape index (κ3) is 19.0. The number of aliphatic hydroxyl groups excluding tert-OH is 6. The maximum Gasteiger partial charge on any atom is 0.227 e. The lowest BCUT2D eigenvalue weighted by molar-refractivity contribution is -0.432. The number of aliphatic carboxylic acids is 1. The Hall–Kier alpha value is -4.41. The Morgan fingerprint density at radius 3 is 1.64 bits per heavy atom. The molecule has 9 unspecified atom stereocenters. The summed E-state index contributed by atoms with van der Waals surface area (Å²) in [5.74, 6) is -11.5. The van der Waals surface area contributed by atoms with E-state index in [2.05, 4.69) is 21.7 Å².